The number of anilines is 2. The van der Waals surface area contributed by atoms with Crippen molar-refractivity contribution in [2.45, 2.75) is 19.8 Å². The summed E-state index contributed by atoms with van der Waals surface area (Å²) in [4.78, 5) is 25.7. The zero-order chi connectivity index (χ0) is 19.6. The van der Waals surface area contributed by atoms with Crippen LogP contribution in [0.2, 0.25) is 0 Å². The SMILES string of the molecule is CCCCN(C(=O)c1ccc(NCCOC)c([N+](=O)[O-])c1)c1ccccc1. The third-order valence-electron chi connectivity index (χ3n) is 4.11. The number of rotatable bonds is 10. The van der Waals surface area contributed by atoms with Gasteiger partial charge in [0, 0.05) is 37.5 Å². The lowest BCUT2D eigenvalue weighted by Crippen LogP contribution is -2.32. The van der Waals surface area contributed by atoms with Gasteiger partial charge in [-0.25, -0.2) is 0 Å². The second-order valence-corrected chi connectivity index (χ2v) is 6.05. The quantitative estimate of drug-likeness (QED) is 0.386. The summed E-state index contributed by atoms with van der Waals surface area (Å²) in [6.45, 7) is 3.48. The van der Waals surface area contributed by atoms with Gasteiger partial charge in [0.15, 0.2) is 0 Å². The van der Waals surface area contributed by atoms with Crippen molar-refractivity contribution in [2.75, 3.05) is 37.0 Å². The number of nitro benzene ring substituents is 1. The van der Waals surface area contributed by atoms with Gasteiger partial charge in [0.25, 0.3) is 11.6 Å². The Morgan fingerprint density at radius 2 is 1.96 bits per heavy atom. The first-order chi connectivity index (χ1) is 13.1. The van der Waals surface area contributed by atoms with Crippen molar-refractivity contribution in [1.29, 1.82) is 0 Å². The first-order valence-electron chi connectivity index (χ1n) is 8.96. The molecule has 144 valence electrons. The summed E-state index contributed by atoms with van der Waals surface area (Å²) >= 11 is 0. The summed E-state index contributed by atoms with van der Waals surface area (Å²) in [5.74, 6) is -0.249. The maximum atomic E-state index is 13.1. The highest BCUT2D eigenvalue weighted by Gasteiger charge is 2.22. The molecule has 0 radical (unpaired) electrons. The van der Waals surface area contributed by atoms with E-state index >= 15 is 0 Å². The molecule has 2 aromatic carbocycles. The van der Waals surface area contributed by atoms with Crippen LogP contribution in [0.1, 0.15) is 30.1 Å². The van der Waals surface area contributed by atoms with Gasteiger partial charge in [-0.3, -0.25) is 14.9 Å². The van der Waals surface area contributed by atoms with Crippen molar-refractivity contribution >= 4 is 23.0 Å². The summed E-state index contributed by atoms with van der Waals surface area (Å²) in [7, 11) is 1.56. The number of nitro groups is 1. The van der Waals surface area contributed by atoms with Gasteiger partial charge < -0.3 is 15.0 Å². The summed E-state index contributed by atoms with van der Waals surface area (Å²) in [5, 5.41) is 14.4. The average Bonchev–Trinajstić information content (AvgIpc) is 2.69. The number of carbonyl (C=O) groups is 1. The number of unbranched alkanes of at least 4 members (excludes halogenated alkanes) is 1. The molecule has 0 saturated heterocycles. The molecule has 0 bridgehead atoms. The van der Waals surface area contributed by atoms with Gasteiger partial charge in [0.2, 0.25) is 0 Å². The molecule has 0 spiro atoms. The fraction of sp³-hybridized carbons (Fsp3) is 0.350. The monoisotopic (exact) mass is 371 g/mol. The second-order valence-electron chi connectivity index (χ2n) is 6.05. The maximum absolute atomic E-state index is 13.1. The van der Waals surface area contributed by atoms with Gasteiger partial charge in [-0.15, -0.1) is 0 Å². The Morgan fingerprint density at radius 1 is 1.22 bits per heavy atom. The Balaban J connectivity index is 2.31. The molecule has 0 unspecified atom stereocenters. The van der Waals surface area contributed by atoms with E-state index in [1.54, 1.807) is 24.1 Å². The maximum Gasteiger partial charge on any atom is 0.293 e. The smallest absolute Gasteiger partial charge is 0.293 e. The predicted octanol–water partition coefficient (Wildman–Crippen LogP) is 4.10. The Labute approximate surface area is 159 Å². The van der Waals surface area contributed by atoms with E-state index in [9.17, 15) is 14.9 Å². The summed E-state index contributed by atoms with van der Waals surface area (Å²) < 4.78 is 4.95. The second kappa shape index (κ2) is 10.3. The van der Waals surface area contributed by atoms with Crippen molar-refractivity contribution in [2.24, 2.45) is 0 Å². The third-order valence-corrected chi connectivity index (χ3v) is 4.11. The molecule has 0 fully saturated rings. The minimum atomic E-state index is -0.481. The van der Waals surface area contributed by atoms with Gasteiger partial charge >= 0.3 is 0 Å². The number of amides is 1. The zero-order valence-corrected chi connectivity index (χ0v) is 15.7. The number of hydrogen-bond acceptors (Lipinski definition) is 5. The molecule has 2 rings (SSSR count). The number of nitrogens with one attached hydrogen (secondary N) is 1. The Bertz CT molecular complexity index is 765. The van der Waals surface area contributed by atoms with Gasteiger partial charge in [0.1, 0.15) is 5.69 Å². The summed E-state index contributed by atoms with van der Waals surface area (Å²) in [6.07, 6.45) is 1.79. The molecule has 0 aliphatic carbocycles. The number of carbonyl (C=O) groups excluding carboxylic acids is 1. The molecule has 1 N–H and O–H groups in total. The van der Waals surface area contributed by atoms with Crippen LogP contribution in [-0.2, 0) is 4.74 Å². The number of hydrogen-bond donors (Lipinski definition) is 1. The van der Waals surface area contributed by atoms with E-state index in [0.717, 1.165) is 18.5 Å². The van der Waals surface area contributed by atoms with Crippen LogP contribution in [0, 0.1) is 10.1 Å². The molecule has 7 nitrogen and oxygen atoms in total. The molecule has 27 heavy (non-hydrogen) atoms. The highest BCUT2D eigenvalue weighted by molar-refractivity contribution is 6.06. The number of benzene rings is 2. The molecule has 0 aromatic heterocycles. The fourth-order valence-corrected chi connectivity index (χ4v) is 2.68. The van der Waals surface area contributed by atoms with Gasteiger partial charge in [-0.2, -0.15) is 0 Å². The third kappa shape index (κ3) is 5.52. The molecule has 0 saturated carbocycles. The van der Waals surface area contributed by atoms with Gasteiger partial charge in [0.05, 0.1) is 11.5 Å². The largest absolute Gasteiger partial charge is 0.383 e. The van der Waals surface area contributed by atoms with Crippen LogP contribution in [0.5, 0.6) is 0 Å². The standard InChI is InChI=1S/C20H25N3O4/c1-3-4-13-22(17-8-6-5-7-9-17)20(24)16-10-11-18(21-12-14-27-2)19(15-16)23(25)26/h5-11,15,21H,3-4,12-14H2,1-2H3. The summed E-state index contributed by atoms with van der Waals surface area (Å²) in [6, 6.07) is 13.9. The van der Waals surface area contributed by atoms with Crippen LogP contribution in [0.4, 0.5) is 17.1 Å². The highest BCUT2D eigenvalue weighted by Crippen LogP contribution is 2.27. The first-order valence-corrected chi connectivity index (χ1v) is 8.96. The number of ether oxygens (including phenoxy) is 1. The lowest BCUT2D eigenvalue weighted by molar-refractivity contribution is -0.384. The number of nitrogens with zero attached hydrogens (tertiary/aromatic N) is 2. The van der Waals surface area contributed by atoms with Crippen molar-refractivity contribution in [1.82, 2.24) is 0 Å². The first kappa shape index (κ1) is 20.4. The van der Waals surface area contributed by atoms with Crippen molar-refractivity contribution in [3.8, 4) is 0 Å². The fourth-order valence-electron chi connectivity index (χ4n) is 2.68. The molecule has 1 amide bonds. The topological polar surface area (TPSA) is 84.7 Å². The van der Waals surface area contributed by atoms with E-state index in [1.807, 2.05) is 30.3 Å². The molecule has 0 aliphatic heterocycles. The van der Waals surface area contributed by atoms with Crippen LogP contribution in [0.25, 0.3) is 0 Å². The van der Waals surface area contributed by atoms with Crippen LogP contribution in [0.15, 0.2) is 48.5 Å². The lowest BCUT2D eigenvalue weighted by atomic mass is 10.1. The van der Waals surface area contributed by atoms with Crippen molar-refractivity contribution in [3.05, 3.63) is 64.2 Å². The molecule has 0 aliphatic rings. The van der Waals surface area contributed by atoms with Crippen LogP contribution >= 0.6 is 0 Å². The van der Waals surface area contributed by atoms with Crippen LogP contribution in [-0.4, -0.2) is 37.6 Å². The minimum absolute atomic E-state index is 0.125. The predicted molar refractivity (Wildman–Crippen MR) is 106 cm³/mol. The average molecular weight is 371 g/mol. The van der Waals surface area contributed by atoms with E-state index in [0.29, 0.717) is 30.9 Å². The van der Waals surface area contributed by atoms with Gasteiger partial charge in [-0.1, -0.05) is 31.5 Å². The minimum Gasteiger partial charge on any atom is -0.383 e. The Morgan fingerprint density at radius 3 is 2.59 bits per heavy atom. The van der Waals surface area contributed by atoms with E-state index in [1.165, 1.54) is 6.07 Å². The van der Waals surface area contributed by atoms with Crippen molar-refractivity contribution in [3.63, 3.8) is 0 Å². The molecule has 0 heterocycles. The Kier molecular flexibility index (Phi) is 7.76. The molecular formula is C20H25N3O4. The normalized spacial score (nSPS) is 10.4. The van der Waals surface area contributed by atoms with Gasteiger partial charge in [-0.05, 0) is 30.7 Å². The Hall–Kier alpha value is -2.93. The van der Waals surface area contributed by atoms with E-state index < -0.39 is 4.92 Å². The highest BCUT2D eigenvalue weighted by atomic mass is 16.6. The molecule has 7 heteroatoms. The van der Waals surface area contributed by atoms with Crippen LogP contribution in [0.3, 0.4) is 0 Å². The lowest BCUT2D eigenvalue weighted by Gasteiger charge is -2.23. The molecule has 2 aromatic rings. The van der Waals surface area contributed by atoms with Crippen molar-refractivity contribution < 1.29 is 14.5 Å². The van der Waals surface area contributed by atoms with E-state index in [-0.39, 0.29) is 11.6 Å². The number of para-hydroxylation sites is 1. The van der Waals surface area contributed by atoms with Crippen LogP contribution < -0.4 is 10.2 Å². The number of methoxy groups -OCH3 is 1. The molecule has 0 atom stereocenters. The summed E-state index contributed by atoms with van der Waals surface area (Å²) in [5.41, 5.74) is 1.31. The zero-order valence-electron chi connectivity index (χ0n) is 15.7. The van der Waals surface area contributed by atoms with E-state index in [4.69, 9.17) is 4.74 Å². The van der Waals surface area contributed by atoms with E-state index in [2.05, 4.69) is 12.2 Å². The molecular weight excluding hydrogens is 346 g/mol.